The molecule has 0 fully saturated rings. The summed E-state index contributed by atoms with van der Waals surface area (Å²) >= 11 is 0. The molecule has 0 saturated carbocycles. The van der Waals surface area contributed by atoms with Gasteiger partial charge >= 0.3 is 0 Å². The van der Waals surface area contributed by atoms with Gasteiger partial charge in [0.1, 0.15) is 0 Å². The zero-order valence-corrected chi connectivity index (χ0v) is 15.1. The lowest BCUT2D eigenvalue weighted by molar-refractivity contribution is 0.101. The Kier molecular flexibility index (Phi) is 4.18. The molecule has 26 heavy (non-hydrogen) atoms. The Morgan fingerprint density at radius 1 is 0.846 bits per heavy atom. The summed E-state index contributed by atoms with van der Waals surface area (Å²) in [5, 5.41) is 1.23. The topological polar surface area (TPSA) is 22.0 Å². The molecule has 4 aromatic rings. The van der Waals surface area contributed by atoms with Gasteiger partial charge < -0.3 is 4.57 Å². The summed E-state index contributed by atoms with van der Waals surface area (Å²) in [6.45, 7) is 4.56. The third kappa shape index (κ3) is 2.74. The molecule has 0 N–H and O–H groups in total. The maximum Gasteiger partial charge on any atom is 0.160 e. The minimum Gasteiger partial charge on any atom is -0.336 e. The zero-order valence-electron chi connectivity index (χ0n) is 15.1. The summed E-state index contributed by atoms with van der Waals surface area (Å²) in [6.07, 6.45) is 0. The van der Waals surface area contributed by atoms with Crippen molar-refractivity contribution in [3.05, 3.63) is 95.6 Å². The number of para-hydroxylation sites is 1. The van der Waals surface area contributed by atoms with Crippen molar-refractivity contribution in [2.45, 2.75) is 20.4 Å². The smallest absolute Gasteiger partial charge is 0.160 e. The minimum atomic E-state index is 0.0940. The van der Waals surface area contributed by atoms with Crippen LogP contribution in [0, 0.1) is 6.92 Å². The Morgan fingerprint density at radius 2 is 1.50 bits per heavy atom. The van der Waals surface area contributed by atoms with Gasteiger partial charge in [-0.25, -0.2) is 0 Å². The Bertz CT molecular complexity index is 1090. The monoisotopic (exact) mass is 339 g/mol. The van der Waals surface area contributed by atoms with Crippen molar-refractivity contribution in [1.82, 2.24) is 4.57 Å². The molecule has 0 aliphatic heterocycles. The van der Waals surface area contributed by atoms with Crippen LogP contribution >= 0.6 is 0 Å². The number of hydrogen-bond donors (Lipinski definition) is 0. The number of carbonyl (C=O) groups excluding carboxylic acids is 1. The van der Waals surface area contributed by atoms with Gasteiger partial charge in [-0.05, 0) is 31.0 Å². The molecule has 1 aromatic heterocycles. The third-order valence-corrected chi connectivity index (χ3v) is 4.97. The fourth-order valence-corrected chi connectivity index (χ4v) is 3.75. The molecule has 0 atom stereocenters. The van der Waals surface area contributed by atoms with Gasteiger partial charge in [0.25, 0.3) is 0 Å². The van der Waals surface area contributed by atoms with Crippen LogP contribution in [-0.2, 0) is 6.54 Å². The van der Waals surface area contributed by atoms with Gasteiger partial charge in [-0.15, -0.1) is 0 Å². The van der Waals surface area contributed by atoms with E-state index >= 15 is 0 Å². The van der Waals surface area contributed by atoms with Crippen LogP contribution in [0.15, 0.2) is 78.9 Å². The quantitative estimate of drug-likeness (QED) is 0.426. The summed E-state index contributed by atoms with van der Waals surface area (Å²) in [5.74, 6) is 0.0940. The molecule has 2 nitrogen and oxygen atoms in total. The second-order valence-electron chi connectivity index (χ2n) is 6.66. The van der Waals surface area contributed by atoms with Gasteiger partial charge in [-0.3, -0.25) is 4.79 Å². The highest BCUT2D eigenvalue weighted by Crippen LogP contribution is 2.35. The van der Waals surface area contributed by atoms with Crippen molar-refractivity contribution >= 4 is 16.7 Å². The molecule has 1 heterocycles. The van der Waals surface area contributed by atoms with Crippen LogP contribution in [0.2, 0.25) is 0 Å². The van der Waals surface area contributed by atoms with Crippen molar-refractivity contribution in [2.24, 2.45) is 0 Å². The SMILES string of the molecule is CC(=O)c1ccccc1-c1c(C)c2ccccc2n1Cc1ccccc1. The van der Waals surface area contributed by atoms with Crippen molar-refractivity contribution in [2.75, 3.05) is 0 Å². The van der Waals surface area contributed by atoms with E-state index in [1.54, 1.807) is 6.92 Å². The van der Waals surface area contributed by atoms with Gasteiger partial charge in [0.2, 0.25) is 0 Å². The maximum absolute atomic E-state index is 12.2. The number of aromatic nitrogens is 1. The van der Waals surface area contributed by atoms with Crippen LogP contribution in [0.3, 0.4) is 0 Å². The van der Waals surface area contributed by atoms with Gasteiger partial charge in [0.15, 0.2) is 5.78 Å². The largest absolute Gasteiger partial charge is 0.336 e. The first-order valence-corrected chi connectivity index (χ1v) is 8.89. The minimum absolute atomic E-state index is 0.0940. The van der Waals surface area contributed by atoms with E-state index in [0.29, 0.717) is 0 Å². The predicted molar refractivity (Wildman–Crippen MR) is 108 cm³/mol. The standard InChI is InChI=1S/C24H21NO/c1-17-20-12-8-9-15-23(20)25(16-19-10-4-3-5-11-19)24(17)22-14-7-6-13-21(22)18(2)26/h3-15H,16H2,1-2H3. The molecule has 0 spiro atoms. The van der Waals surface area contributed by atoms with Crippen molar-refractivity contribution < 1.29 is 4.79 Å². The lowest BCUT2D eigenvalue weighted by Crippen LogP contribution is -2.05. The Balaban J connectivity index is 2.02. The maximum atomic E-state index is 12.2. The van der Waals surface area contributed by atoms with E-state index < -0.39 is 0 Å². The highest BCUT2D eigenvalue weighted by atomic mass is 16.1. The van der Waals surface area contributed by atoms with E-state index in [1.807, 2.05) is 24.3 Å². The first-order valence-electron chi connectivity index (χ1n) is 8.89. The van der Waals surface area contributed by atoms with Crippen LogP contribution in [0.5, 0.6) is 0 Å². The molecule has 0 bridgehead atoms. The Hall–Kier alpha value is -3.13. The second kappa shape index (κ2) is 6.64. The molecule has 0 amide bonds. The average Bonchev–Trinajstić information content (AvgIpc) is 2.95. The number of nitrogens with zero attached hydrogens (tertiary/aromatic N) is 1. The van der Waals surface area contributed by atoms with E-state index in [1.165, 1.54) is 22.0 Å². The van der Waals surface area contributed by atoms with Crippen LogP contribution in [-0.4, -0.2) is 10.4 Å². The molecule has 0 aliphatic carbocycles. The average molecular weight is 339 g/mol. The summed E-state index contributed by atoms with van der Waals surface area (Å²) in [7, 11) is 0. The Morgan fingerprint density at radius 3 is 2.27 bits per heavy atom. The predicted octanol–water partition coefficient (Wildman–Crippen LogP) is 5.87. The number of hydrogen-bond acceptors (Lipinski definition) is 1. The van der Waals surface area contributed by atoms with E-state index in [0.717, 1.165) is 23.4 Å². The van der Waals surface area contributed by atoms with Crippen molar-refractivity contribution in [3.8, 4) is 11.3 Å². The Labute approximate surface area is 153 Å². The molecule has 0 aliphatic rings. The molecule has 0 unspecified atom stereocenters. The van der Waals surface area contributed by atoms with Crippen molar-refractivity contribution in [3.63, 3.8) is 0 Å². The van der Waals surface area contributed by atoms with Gasteiger partial charge in [0, 0.05) is 28.6 Å². The summed E-state index contributed by atoms with van der Waals surface area (Å²) in [4.78, 5) is 12.2. The molecule has 4 rings (SSSR count). The highest BCUT2D eigenvalue weighted by Gasteiger charge is 2.19. The summed E-state index contributed by atoms with van der Waals surface area (Å²) in [6, 6.07) is 26.8. The highest BCUT2D eigenvalue weighted by molar-refractivity contribution is 6.03. The normalized spacial score (nSPS) is 11.0. The molecule has 0 saturated heterocycles. The van der Waals surface area contributed by atoms with Crippen molar-refractivity contribution in [1.29, 1.82) is 0 Å². The number of carbonyl (C=O) groups is 1. The van der Waals surface area contributed by atoms with Gasteiger partial charge in [-0.2, -0.15) is 0 Å². The lowest BCUT2D eigenvalue weighted by atomic mass is 9.98. The van der Waals surface area contributed by atoms with Crippen LogP contribution in [0.1, 0.15) is 28.4 Å². The van der Waals surface area contributed by atoms with Crippen LogP contribution in [0.25, 0.3) is 22.2 Å². The summed E-state index contributed by atoms with van der Waals surface area (Å²) in [5.41, 5.74) is 6.56. The van der Waals surface area contributed by atoms with E-state index in [4.69, 9.17) is 0 Å². The number of fused-ring (bicyclic) bond motifs is 1. The first-order chi connectivity index (χ1) is 12.7. The molecular formula is C24H21NO. The summed E-state index contributed by atoms with van der Waals surface area (Å²) < 4.78 is 2.34. The first kappa shape index (κ1) is 16.3. The van der Waals surface area contributed by atoms with Crippen LogP contribution in [0.4, 0.5) is 0 Å². The fourth-order valence-electron chi connectivity index (χ4n) is 3.75. The number of benzene rings is 3. The molecular weight excluding hydrogens is 318 g/mol. The van der Waals surface area contributed by atoms with E-state index in [-0.39, 0.29) is 5.78 Å². The molecule has 3 aromatic carbocycles. The molecule has 0 radical (unpaired) electrons. The fraction of sp³-hybridized carbons (Fsp3) is 0.125. The van der Waals surface area contributed by atoms with E-state index in [9.17, 15) is 4.79 Å². The zero-order chi connectivity index (χ0) is 18.1. The number of Topliss-reactive ketones (excluding diaryl/α,β-unsaturated/α-hetero) is 1. The lowest BCUT2D eigenvalue weighted by Gasteiger charge is -2.14. The second-order valence-corrected chi connectivity index (χ2v) is 6.66. The van der Waals surface area contributed by atoms with Gasteiger partial charge in [-0.1, -0.05) is 72.8 Å². The molecule has 2 heteroatoms. The van der Waals surface area contributed by atoms with Crippen LogP contribution < -0.4 is 0 Å². The number of rotatable bonds is 4. The number of ketones is 1. The molecule has 128 valence electrons. The van der Waals surface area contributed by atoms with E-state index in [2.05, 4.69) is 66.1 Å². The van der Waals surface area contributed by atoms with Gasteiger partial charge in [0.05, 0.1) is 5.69 Å². The number of aryl methyl sites for hydroxylation is 1. The third-order valence-electron chi connectivity index (χ3n) is 4.97.